The molecule has 36 heavy (non-hydrogen) atoms. The van der Waals surface area contributed by atoms with Gasteiger partial charge >= 0.3 is 6.09 Å². The van der Waals surface area contributed by atoms with Gasteiger partial charge in [-0.2, -0.15) is 0 Å². The summed E-state index contributed by atoms with van der Waals surface area (Å²) in [6.45, 7) is 8.76. The second-order valence-corrected chi connectivity index (χ2v) is 10.8. The molecule has 0 aliphatic carbocycles. The number of aromatic nitrogens is 4. The van der Waals surface area contributed by atoms with E-state index in [1.54, 1.807) is 11.6 Å². The van der Waals surface area contributed by atoms with Crippen molar-refractivity contribution in [2.45, 2.75) is 46.7 Å². The van der Waals surface area contributed by atoms with Crippen molar-refractivity contribution in [3.8, 4) is 0 Å². The number of H-pyrrole nitrogens is 1. The lowest BCUT2D eigenvalue weighted by atomic mass is 9.80. The molecule has 10 heteroatoms. The second kappa shape index (κ2) is 10.4. The maximum atomic E-state index is 12.7. The number of fused-ring (bicyclic) bond motifs is 1. The number of nitrogens with one attached hydrogen (secondary N) is 2. The third kappa shape index (κ3) is 6.06. The summed E-state index contributed by atoms with van der Waals surface area (Å²) in [4.78, 5) is 42.8. The van der Waals surface area contributed by atoms with Crippen molar-refractivity contribution in [1.29, 1.82) is 0 Å². The highest BCUT2D eigenvalue weighted by molar-refractivity contribution is 7.10. The molecule has 4 aromatic rings. The Kier molecular flexibility index (Phi) is 7.35. The summed E-state index contributed by atoms with van der Waals surface area (Å²) in [7, 11) is 0. The molecule has 0 saturated carbocycles. The number of aryl methyl sites for hydroxylation is 1. The number of thiazole rings is 1. The molecule has 0 spiro atoms. The fourth-order valence-corrected chi connectivity index (χ4v) is 5.06. The van der Waals surface area contributed by atoms with Crippen molar-refractivity contribution >= 4 is 34.4 Å². The van der Waals surface area contributed by atoms with Crippen LogP contribution in [0.15, 0.2) is 48.0 Å². The van der Waals surface area contributed by atoms with Crippen molar-refractivity contribution in [3.05, 3.63) is 75.8 Å². The minimum absolute atomic E-state index is 0.124. The van der Waals surface area contributed by atoms with Crippen LogP contribution in [0.5, 0.6) is 0 Å². The van der Waals surface area contributed by atoms with Crippen LogP contribution in [0.3, 0.4) is 0 Å². The topological polar surface area (TPSA) is 124 Å². The van der Waals surface area contributed by atoms with E-state index in [-0.39, 0.29) is 30.3 Å². The number of hydrogen-bond donors (Lipinski definition) is 3. The molecule has 1 unspecified atom stereocenters. The van der Waals surface area contributed by atoms with E-state index in [2.05, 4.69) is 25.3 Å². The van der Waals surface area contributed by atoms with E-state index in [1.165, 1.54) is 16.2 Å². The van der Waals surface area contributed by atoms with Gasteiger partial charge in [0.05, 0.1) is 34.8 Å². The summed E-state index contributed by atoms with van der Waals surface area (Å²) in [5, 5.41) is 15.3. The van der Waals surface area contributed by atoms with Crippen molar-refractivity contribution in [2.24, 2.45) is 5.41 Å². The zero-order chi connectivity index (χ0) is 25.9. The highest BCUT2D eigenvalue weighted by Crippen LogP contribution is 2.37. The molecule has 0 aliphatic rings. The number of pyridine rings is 1. The van der Waals surface area contributed by atoms with Crippen LogP contribution in [0.1, 0.15) is 59.3 Å². The number of nitrogens with zero attached hydrogens (tertiary/aromatic N) is 4. The predicted octanol–water partition coefficient (Wildman–Crippen LogP) is 4.96. The number of para-hydroxylation sites is 2. The summed E-state index contributed by atoms with van der Waals surface area (Å²) in [5.74, 6) is 0.0732. The zero-order valence-electron chi connectivity index (χ0n) is 20.8. The number of carboxylic acid groups (broad SMARTS) is 1. The Bertz CT molecular complexity index is 1340. The van der Waals surface area contributed by atoms with Gasteiger partial charge in [-0.05, 0) is 42.2 Å². The van der Waals surface area contributed by atoms with Gasteiger partial charge in [0.2, 0.25) is 0 Å². The van der Waals surface area contributed by atoms with Crippen LogP contribution < -0.4 is 5.32 Å². The average molecular weight is 507 g/mol. The Labute approximate surface area is 213 Å². The number of rotatable bonds is 8. The highest BCUT2D eigenvalue weighted by atomic mass is 32.1. The van der Waals surface area contributed by atoms with Gasteiger partial charge in [0.15, 0.2) is 0 Å². The third-order valence-corrected chi connectivity index (χ3v) is 6.91. The predicted molar refractivity (Wildman–Crippen MR) is 139 cm³/mol. The van der Waals surface area contributed by atoms with Gasteiger partial charge in [-0.25, -0.2) is 14.8 Å². The summed E-state index contributed by atoms with van der Waals surface area (Å²) in [5.41, 5.74) is 3.52. The minimum atomic E-state index is -1.04. The molecule has 3 aromatic heterocycles. The fourth-order valence-electron chi connectivity index (χ4n) is 3.92. The summed E-state index contributed by atoms with van der Waals surface area (Å²) < 4.78 is 0. The summed E-state index contributed by atoms with van der Waals surface area (Å²) >= 11 is 1.37. The first kappa shape index (κ1) is 25.3. The number of amides is 2. The van der Waals surface area contributed by atoms with Gasteiger partial charge in [0, 0.05) is 24.0 Å². The molecule has 1 aromatic carbocycles. The lowest BCUT2D eigenvalue weighted by molar-refractivity contribution is 0.0944. The SMILES string of the molecule is Cc1ccnc(CNC(=O)c2csc(C(CN(Cc3nc4ccccc4[nH]3)C(=O)O)C(C)(C)C)n2)c1. The van der Waals surface area contributed by atoms with Crippen LogP contribution in [-0.2, 0) is 13.1 Å². The Balaban J connectivity index is 1.49. The fraction of sp³-hybridized carbons (Fsp3) is 0.346. The molecule has 0 bridgehead atoms. The monoisotopic (exact) mass is 506 g/mol. The molecule has 0 saturated heterocycles. The summed E-state index contributed by atoms with van der Waals surface area (Å²) in [6, 6.07) is 11.4. The molecule has 3 heterocycles. The van der Waals surface area contributed by atoms with E-state index in [1.807, 2.05) is 64.1 Å². The van der Waals surface area contributed by atoms with Crippen molar-refractivity contribution in [2.75, 3.05) is 6.54 Å². The average Bonchev–Trinajstić information content (AvgIpc) is 3.46. The van der Waals surface area contributed by atoms with Crippen LogP contribution >= 0.6 is 11.3 Å². The van der Waals surface area contributed by atoms with E-state index in [0.717, 1.165) is 27.3 Å². The number of hydrogen-bond acceptors (Lipinski definition) is 6. The van der Waals surface area contributed by atoms with Crippen LogP contribution in [0, 0.1) is 12.3 Å². The Morgan fingerprint density at radius 2 is 1.97 bits per heavy atom. The standard InChI is InChI=1S/C26H30N6O3S/c1-16-9-10-27-17(11-16)12-28-23(33)21-15-36-24(31-21)18(26(2,3)4)13-32(25(34)35)14-22-29-19-7-5-6-8-20(19)30-22/h5-11,15,18H,12-14H2,1-4H3,(H,28,33)(H,29,30)(H,34,35). The van der Waals surface area contributed by atoms with Gasteiger partial charge in [-0.15, -0.1) is 11.3 Å². The van der Waals surface area contributed by atoms with Gasteiger partial charge < -0.3 is 20.3 Å². The molecular formula is C26H30N6O3S. The van der Waals surface area contributed by atoms with Crippen molar-refractivity contribution < 1.29 is 14.7 Å². The number of aromatic amines is 1. The maximum absolute atomic E-state index is 12.7. The molecule has 0 aliphatic heterocycles. The molecule has 188 valence electrons. The molecule has 0 radical (unpaired) electrons. The van der Waals surface area contributed by atoms with E-state index < -0.39 is 6.09 Å². The lowest BCUT2D eigenvalue weighted by Gasteiger charge is -2.32. The largest absolute Gasteiger partial charge is 0.465 e. The highest BCUT2D eigenvalue weighted by Gasteiger charge is 2.33. The van der Waals surface area contributed by atoms with Crippen molar-refractivity contribution in [3.63, 3.8) is 0 Å². The summed E-state index contributed by atoms with van der Waals surface area (Å²) in [6.07, 6.45) is 0.676. The van der Waals surface area contributed by atoms with E-state index in [9.17, 15) is 14.7 Å². The Morgan fingerprint density at radius 3 is 2.67 bits per heavy atom. The molecule has 0 fully saturated rings. The molecule has 9 nitrogen and oxygen atoms in total. The van der Waals surface area contributed by atoms with E-state index in [0.29, 0.717) is 18.1 Å². The van der Waals surface area contributed by atoms with Gasteiger partial charge in [0.1, 0.15) is 11.5 Å². The van der Waals surface area contributed by atoms with Gasteiger partial charge in [-0.3, -0.25) is 9.78 Å². The Hall–Kier alpha value is -3.79. The zero-order valence-corrected chi connectivity index (χ0v) is 21.6. The van der Waals surface area contributed by atoms with Crippen LogP contribution in [0.25, 0.3) is 11.0 Å². The van der Waals surface area contributed by atoms with Crippen molar-refractivity contribution in [1.82, 2.24) is 30.2 Å². The molecule has 2 amide bonds. The number of imidazole rings is 1. The van der Waals surface area contributed by atoms with Gasteiger partial charge in [-0.1, -0.05) is 32.9 Å². The van der Waals surface area contributed by atoms with Crippen LogP contribution in [0.4, 0.5) is 4.79 Å². The number of carbonyl (C=O) groups excluding carboxylic acids is 1. The maximum Gasteiger partial charge on any atom is 0.407 e. The molecule has 3 N–H and O–H groups in total. The normalized spacial score (nSPS) is 12.4. The van der Waals surface area contributed by atoms with E-state index in [4.69, 9.17) is 0 Å². The quantitative estimate of drug-likeness (QED) is 0.310. The molecular weight excluding hydrogens is 476 g/mol. The van der Waals surface area contributed by atoms with Gasteiger partial charge in [0.25, 0.3) is 5.91 Å². The first-order valence-corrected chi connectivity index (χ1v) is 12.5. The first-order valence-electron chi connectivity index (χ1n) is 11.7. The first-order chi connectivity index (χ1) is 17.1. The third-order valence-electron chi connectivity index (χ3n) is 5.95. The van der Waals surface area contributed by atoms with Crippen LogP contribution in [0.2, 0.25) is 0 Å². The molecule has 1 atom stereocenters. The van der Waals surface area contributed by atoms with E-state index >= 15 is 0 Å². The number of carbonyl (C=O) groups is 2. The lowest BCUT2D eigenvalue weighted by Crippen LogP contribution is -2.37. The number of benzene rings is 1. The Morgan fingerprint density at radius 1 is 1.19 bits per heavy atom. The van der Waals surface area contributed by atoms with Crippen LogP contribution in [-0.4, -0.2) is 48.5 Å². The molecule has 4 rings (SSSR count). The smallest absolute Gasteiger partial charge is 0.407 e. The minimum Gasteiger partial charge on any atom is -0.465 e. The second-order valence-electron chi connectivity index (χ2n) is 9.86.